The van der Waals surface area contributed by atoms with Crippen molar-refractivity contribution in [2.75, 3.05) is 6.67 Å². The Balaban J connectivity index is 2.28. The third-order valence-electron chi connectivity index (χ3n) is 0.737. The molecule has 1 N–H and O–H groups in total. The summed E-state index contributed by atoms with van der Waals surface area (Å²) in [5, 5.41) is 3.44. The molecule has 1 unspecified atom stereocenters. The van der Waals surface area contributed by atoms with Crippen molar-refractivity contribution < 1.29 is 4.39 Å². The lowest BCUT2D eigenvalue weighted by Gasteiger charge is -1.91. The highest BCUT2D eigenvalue weighted by Crippen LogP contribution is 2.00. The van der Waals surface area contributed by atoms with Crippen molar-refractivity contribution in [1.29, 1.82) is 0 Å². The van der Waals surface area contributed by atoms with E-state index in [-0.39, 0.29) is 5.92 Å². The molecular formula is C4H5FN2. The highest BCUT2D eigenvalue weighted by atomic mass is 19.1. The largest absolute Gasteiger partial charge is 0.304 e. The van der Waals surface area contributed by atoms with Crippen molar-refractivity contribution in [3.63, 3.8) is 0 Å². The van der Waals surface area contributed by atoms with E-state index < -0.39 is 6.67 Å². The first kappa shape index (κ1) is 4.56. The van der Waals surface area contributed by atoms with Crippen molar-refractivity contribution >= 4 is 6.21 Å². The van der Waals surface area contributed by atoms with Crippen LogP contribution in [0.3, 0.4) is 0 Å². The van der Waals surface area contributed by atoms with Gasteiger partial charge in [-0.25, -0.2) is 0 Å². The third kappa shape index (κ3) is 0.885. The highest BCUT2D eigenvalue weighted by Gasteiger charge is 2.09. The Labute approximate surface area is 41.4 Å². The van der Waals surface area contributed by atoms with Gasteiger partial charge in [0.1, 0.15) is 6.67 Å². The van der Waals surface area contributed by atoms with Crippen LogP contribution in [0.1, 0.15) is 0 Å². The van der Waals surface area contributed by atoms with Gasteiger partial charge in [0.25, 0.3) is 0 Å². The molecule has 1 aliphatic heterocycles. The van der Waals surface area contributed by atoms with Gasteiger partial charge in [0.2, 0.25) is 0 Å². The summed E-state index contributed by atoms with van der Waals surface area (Å²) in [6.45, 7) is 1.15. The second-order valence-electron chi connectivity index (χ2n) is 1.30. The fraction of sp³-hybridized carbons (Fsp3) is 0.500. The van der Waals surface area contributed by atoms with Gasteiger partial charge in [-0.2, -0.15) is 5.10 Å². The molecule has 38 valence electrons. The molecule has 0 aromatic carbocycles. The Hall–Kier alpha value is -0.600. The Morgan fingerprint density at radius 1 is 2.00 bits per heavy atom. The van der Waals surface area contributed by atoms with Gasteiger partial charge in [0.15, 0.2) is 0 Å². The average molecular weight is 100 g/mol. The predicted molar refractivity (Wildman–Crippen MR) is 24.3 cm³/mol. The van der Waals surface area contributed by atoms with E-state index >= 15 is 0 Å². The standard InChI is InChI=1S/C4H5FN2/c5-1-4-2-6-7-3-4/h2,4,6H,1H2. The number of alkyl halides is 1. The van der Waals surface area contributed by atoms with Crippen LogP contribution in [0.4, 0.5) is 4.39 Å². The molecule has 0 spiro atoms. The summed E-state index contributed by atoms with van der Waals surface area (Å²) in [6, 6.07) is 0. The van der Waals surface area contributed by atoms with E-state index in [2.05, 4.69) is 16.7 Å². The number of hydrogen-bond donors (Lipinski definition) is 1. The first-order chi connectivity index (χ1) is 3.43. The van der Waals surface area contributed by atoms with Crippen molar-refractivity contribution in [2.45, 2.75) is 0 Å². The first-order valence-corrected chi connectivity index (χ1v) is 2.03. The van der Waals surface area contributed by atoms with Crippen LogP contribution in [0.15, 0.2) is 5.10 Å². The number of halogens is 1. The van der Waals surface area contributed by atoms with Crippen LogP contribution in [-0.2, 0) is 0 Å². The lowest BCUT2D eigenvalue weighted by Crippen LogP contribution is -2.03. The van der Waals surface area contributed by atoms with Crippen molar-refractivity contribution in [3.8, 4) is 0 Å². The van der Waals surface area contributed by atoms with Crippen molar-refractivity contribution in [3.05, 3.63) is 6.54 Å². The quantitative estimate of drug-likeness (QED) is 0.500. The van der Waals surface area contributed by atoms with Crippen LogP contribution in [0, 0.1) is 12.5 Å². The molecule has 0 aromatic heterocycles. The second kappa shape index (κ2) is 1.91. The van der Waals surface area contributed by atoms with Crippen LogP contribution >= 0.6 is 0 Å². The molecule has 3 heteroatoms. The summed E-state index contributed by atoms with van der Waals surface area (Å²) in [6.07, 6.45) is 2.49. The SMILES string of the molecule is FCC1[C]=NN[CH]1. The first-order valence-electron chi connectivity index (χ1n) is 2.03. The lowest BCUT2D eigenvalue weighted by molar-refractivity contribution is 0.454. The van der Waals surface area contributed by atoms with E-state index in [0.717, 1.165) is 0 Å². The number of rotatable bonds is 1. The predicted octanol–water partition coefficient (Wildman–Crippen LogP) is 0.200. The van der Waals surface area contributed by atoms with E-state index in [9.17, 15) is 4.39 Å². The lowest BCUT2D eigenvalue weighted by atomic mass is 10.2. The van der Waals surface area contributed by atoms with E-state index in [0.29, 0.717) is 0 Å². The highest BCUT2D eigenvalue weighted by molar-refractivity contribution is 5.64. The minimum Gasteiger partial charge on any atom is -0.304 e. The maximum absolute atomic E-state index is 11.5. The van der Waals surface area contributed by atoms with Gasteiger partial charge < -0.3 is 5.43 Å². The Morgan fingerprint density at radius 3 is 3.14 bits per heavy atom. The summed E-state index contributed by atoms with van der Waals surface area (Å²) in [7, 11) is 0. The zero-order valence-corrected chi connectivity index (χ0v) is 3.69. The van der Waals surface area contributed by atoms with E-state index in [1.807, 2.05) is 0 Å². The van der Waals surface area contributed by atoms with Crippen LogP contribution < -0.4 is 5.43 Å². The summed E-state index contributed by atoms with van der Waals surface area (Å²) >= 11 is 0. The fourth-order valence-corrected chi connectivity index (χ4v) is 0.364. The molecule has 0 fully saturated rings. The molecule has 1 rings (SSSR count). The van der Waals surface area contributed by atoms with Crippen LogP contribution in [0.25, 0.3) is 0 Å². The Morgan fingerprint density at radius 2 is 2.86 bits per heavy atom. The van der Waals surface area contributed by atoms with Gasteiger partial charge in [-0.1, -0.05) is 0 Å². The average Bonchev–Trinajstić information content (AvgIpc) is 2.14. The molecule has 0 amide bonds. The number of nitrogens with zero attached hydrogens (tertiary/aromatic N) is 1. The molecule has 1 atom stereocenters. The zero-order chi connectivity index (χ0) is 5.11. The minimum absolute atomic E-state index is 0.222. The summed E-state index contributed by atoms with van der Waals surface area (Å²) in [5.74, 6) is -0.222. The van der Waals surface area contributed by atoms with E-state index in [4.69, 9.17) is 0 Å². The van der Waals surface area contributed by atoms with E-state index in [1.165, 1.54) is 0 Å². The molecule has 0 bridgehead atoms. The smallest absolute Gasteiger partial charge is 0.100 e. The molecule has 7 heavy (non-hydrogen) atoms. The zero-order valence-electron chi connectivity index (χ0n) is 3.69. The molecule has 1 heterocycles. The maximum Gasteiger partial charge on any atom is 0.100 e. The third-order valence-corrected chi connectivity index (χ3v) is 0.737. The molecule has 2 nitrogen and oxygen atoms in total. The van der Waals surface area contributed by atoms with Crippen LogP contribution in [-0.4, -0.2) is 12.9 Å². The van der Waals surface area contributed by atoms with Gasteiger partial charge >= 0.3 is 0 Å². The Bertz CT molecular complexity index is 81.8. The van der Waals surface area contributed by atoms with Gasteiger partial charge in [-0.15, -0.1) is 0 Å². The molecule has 1 aliphatic rings. The number of hydrazone groups is 1. The number of nitrogens with one attached hydrogen (secondary N) is 1. The van der Waals surface area contributed by atoms with Gasteiger partial charge in [0.05, 0.1) is 18.7 Å². The molecule has 0 saturated carbocycles. The van der Waals surface area contributed by atoms with Crippen LogP contribution in [0.5, 0.6) is 0 Å². The van der Waals surface area contributed by atoms with Gasteiger partial charge in [0, 0.05) is 0 Å². The summed E-state index contributed by atoms with van der Waals surface area (Å²) in [4.78, 5) is 0. The topological polar surface area (TPSA) is 24.4 Å². The van der Waals surface area contributed by atoms with Crippen molar-refractivity contribution in [1.82, 2.24) is 5.43 Å². The normalized spacial score (nSPS) is 27.9. The molecule has 2 radical (unpaired) electrons. The molecule has 0 aliphatic carbocycles. The fourth-order valence-electron chi connectivity index (χ4n) is 0.364. The van der Waals surface area contributed by atoms with Crippen LogP contribution in [0.2, 0.25) is 0 Å². The minimum atomic E-state index is -0.406. The van der Waals surface area contributed by atoms with Gasteiger partial charge in [-0.05, 0) is 0 Å². The number of hydrogen-bond acceptors (Lipinski definition) is 2. The molecule has 0 saturated heterocycles. The molecular weight excluding hydrogens is 95.1 g/mol. The molecule has 0 aromatic rings. The van der Waals surface area contributed by atoms with E-state index in [1.54, 1.807) is 6.54 Å². The van der Waals surface area contributed by atoms with Gasteiger partial charge in [-0.3, -0.25) is 4.39 Å². The summed E-state index contributed by atoms with van der Waals surface area (Å²) in [5.41, 5.74) is 2.47. The summed E-state index contributed by atoms with van der Waals surface area (Å²) < 4.78 is 11.5. The monoisotopic (exact) mass is 100 g/mol. The Kier molecular flexibility index (Phi) is 1.24. The maximum atomic E-state index is 11.5. The van der Waals surface area contributed by atoms with Crippen molar-refractivity contribution in [2.24, 2.45) is 11.0 Å². The second-order valence-corrected chi connectivity index (χ2v) is 1.30.